The number of nitrogens with zero attached hydrogens (tertiary/aromatic N) is 1. The van der Waals surface area contributed by atoms with Crippen LogP contribution in [0.3, 0.4) is 0 Å². The van der Waals surface area contributed by atoms with Crippen LogP contribution in [0.25, 0.3) is 0 Å². The van der Waals surface area contributed by atoms with E-state index in [1.54, 1.807) is 4.90 Å². The number of hydrogen-bond donors (Lipinski definition) is 1. The van der Waals surface area contributed by atoms with Gasteiger partial charge in [0.1, 0.15) is 6.04 Å². The van der Waals surface area contributed by atoms with Gasteiger partial charge in [0, 0.05) is 18.2 Å². The molecule has 1 aromatic carbocycles. The van der Waals surface area contributed by atoms with E-state index in [9.17, 15) is 18.3 Å². The summed E-state index contributed by atoms with van der Waals surface area (Å²) in [5.74, 6) is -0.672. The lowest BCUT2D eigenvalue weighted by Gasteiger charge is -2.30. The number of carbonyl (C=O) groups is 1. The summed E-state index contributed by atoms with van der Waals surface area (Å²) in [5.41, 5.74) is 1.86. The van der Waals surface area contributed by atoms with Crippen LogP contribution in [0.5, 0.6) is 0 Å². The molecule has 0 aliphatic carbocycles. The quantitative estimate of drug-likeness (QED) is 0.863. The molecule has 3 rings (SSSR count). The average molecular weight is 281 g/mol. The number of aliphatic carboxylic acids is 1. The molecule has 6 heteroatoms. The van der Waals surface area contributed by atoms with Crippen LogP contribution in [-0.2, 0) is 21.1 Å². The zero-order chi connectivity index (χ0) is 13.6. The van der Waals surface area contributed by atoms with Gasteiger partial charge in [-0.2, -0.15) is 0 Å². The van der Waals surface area contributed by atoms with Crippen molar-refractivity contribution in [3.8, 4) is 0 Å². The minimum atomic E-state index is -3.02. The Morgan fingerprint density at radius 1 is 1.32 bits per heavy atom. The Balaban J connectivity index is 1.99. The topological polar surface area (TPSA) is 74.7 Å². The Morgan fingerprint density at radius 3 is 2.68 bits per heavy atom. The highest BCUT2D eigenvalue weighted by molar-refractivity contribution is 7.91. The van der Waals surface area contributed by atoms with Crippen molar-refractivity contribution in [2.75, 3.05) is 16.4 Å². The predicted octanol–water partition coefficient (Wildman–Crippen LogP) is 0.689. The van der Waals surface area contributed by atoms with Crippen LogP contribution in [-0.4, -0.2) is 43.1 Å². The van der Waals surface area contributed by atoms with Crippen LogP contribution in [0, 0.1) is 0 Å². The molecule has 1 fully saturated rings. The summed E-state index contributed by atoms with van der Waals surface area (Å²) in [7, 11) is -3.02. The van der Waals surface area contributed by atoms with E-state index >= 15 is 0 Å². The summed E-state index contributed by atoms with van der Waals surface area (Å²) >= 11 is 0. The summed E-state index contributed by atoms with van der Waals surface area (Å²) < 4.78 is 23.2. The standard InChI is InChI=1S/C13H15NO4S/c15-13(16)12-7-9-3-1-2-4-11(9)14(12)10-5-6-19(17,18)8-10/h1-4,10,12H,5-8H2,(H,15,16). The van der Waals surface area contributed by atoms with Crippen molar-refractivity contribution in [1.29, 1.82) is 0 Å². The average Bonchev–Trinajstić information content (AvgIpc) is 2.89. The van der Waals surface area contributed by atoms with E-state index in [-0.39, 0.29) is 17.5 Å². The molecule has 1 saturated heterocycles. The van der Waals surface area contributed by atoms with E-state index in [0.29, 0.717) is 12.8 Å². The third kappa shape index (κ3) is 2.10. The Hall–Kier alpha value is -1.56. The van der Waals surface area contributed by atoms with E-state index < -0.39 is 21.8 Å². The number of carboxylic acid groups (broad SMARTS) is 1. The number of para-hydroxylation sites is 1. The maximum atomic E-state index is 11.6. The first-order valence-corrected chi connectivity index (χ1v) is 8.09. The zero-order valence-corrected chi connectivity index (χ0v) is 11.1. The largest absolute Gasteiger partial charge is 0.480 e. The van der Waals surface area contributed by atoms with Gasteiger partial charge in [-0.1, -0.05) is 18.2 Å². The van der Waals surface area contributed by atoms with Crippen LogP contribution in [0.4, 0.5) is 5.69 Å². The smallest absolute Gasteiger partial charge is 0.326 e. The zero-order valence-electron chi connectivity index (χ0n) is 10.3. The van der Waals surface area contributed by atoms with Gasteiger partial charge in [-0.3, -0.25) is 0 Å². The molecule has 2 unspecified atom stereocenters. The van der Waals surface area contributed by atoms with E-state index in [4.69, 9.17) is 0 Å². The maximum absolute atomic E-state index is 11.6. The van der Waals surface area contributed by atoms with E-state index in [2.05, 4.69) is 0 Å². The molecule has 0 radical (unpaired) electrons. The summed E-state index contributed by atoms with van der Waals surface area (Å²) in [6, 6.07) is 6.68. The van der Waals surface area contributed by atoms with Crippen molar-refractivity contribution in [2.24, 2.45) is 0 Å². The second-order valence-corrected chi connectivity index (χ2v) is 7.38. The molecule has 0 bridgehead atoms. The Morgan fingerprint density at radius 2 is 2.05 bits per heavy atom. The van der Waals surface area contributed by atoms with Gasteiger partial charge in [0.2, 0.25) is 0 Å². The van der Waals surface area contributed by atoms with Crippen LogP contribution in [0.2, 0.25) is 0 Å². The Kier molecular flexibility index (Phi) is 2.78. The lowest BCUT2D eigenvalue weighted by molar-refractivity contribution is -0.138. The van der Waals surface area contributed by atoms with Gasteiger partial charge in [0.05, 0.1) is 11.5 Å². The predicted molar refractivity (Wildman–Crippen MR) is 71.1 cm³/mol. The van der Waals surface area contributed by atoms with Crippen molar-refractivity contribution < 1.29 is 18.3 Å². The highest BCUT2D eigenvalue weighted by Crippen LogP contribution is 2.36. The molecule has 19 heavy (non-hydrogen) atoms. The molecule has 2 heterocycles. The third-order valence-corrected chi connectivity index (χ3v) is 5.66. The summed E-state index contributed by atoms with van der Waals surface area (Å²) in [5, 5.41) is 9.36. The second-order valence-electron chi connectivity index (χ2n) is 5.15. The molecular weight excluding hydrogens is 266 g/mol. The first-order valence-electron chi connectivity index (χ1n) is 6.27. The van der Waals surface area contributed by atoms with Crippen LogP contribution >= 0.6 is 0 Å². The number of rotatable bonds is 2. The number of hydrogen-bond acceptors (Lipinski definition) is 4. The number of anilines is 1. The minimum absolute atomic E-state index is 0.0606. The normalized spacial score (nSPS) is 28.3. The third-order valence-electron chi connectivity index (χ3n) is 3.91. The monoisotopic (exact) mass is 281 g/mol. The van der Waals surface area contributed by atoms with Gasteiger partial charge in [-0.05, 0) is 18.1 Å². The highest BCUT2D eigenvalue weighted by atomic mass is 32.2. The minimum Gasteiger partial charge on any atom is -0.480 e. The summed E-state index contributed by atoms with van der Waals surface area (Å²) in [6.45, 7) is 0. The van der Waals surface area contributed by atoms with Crippen LogP contribution < -0.4 is 4.90 Å². The number of benzene rings is 1. The fourth-order valence-electron chi connectivity index (χ4n) is 3.06. The SMILES string of the molecule is O=C(O)C1Cc2ccccc2N1C1CCS(=O)(=O)C1. The van der Waals surface area contributed by atoms with Crippen LogP contribution in [0.1, 0.15) is 12.0 Å². The van der Waals surface area contributed by atoms with Crippen molar-refractivity contribution in [3.05, 3.63) is 29.8 Å². The Bertz CT molecular complexity index is 625. The van der Waals surface area contributed by atoms with E-state index in [0.717, 1.165) is 11.3 Å². The van der Waals surface area contributed by atoms with Gasteiger partial charge in [0.25, 0.3) is 0 Å². The van der Waals surface area contributed by atoms with Gasteiger partial charge in [0.15, 0.2) is 9.84 Å². The van der Waals surface area contributed by atoms with Crippen molar-refractivity contribution >= 4 is 21.5 Å². The van der Waals surface area contributed by atoms with E-state index in [1.165, 1.54) is 0 Å². The molecule has 1 N–H and O–H groups in total. The fourth-order valence-corrected chi connectivity index (χ4v) is 4.77. The molecule has 0 saturated carbocycles. The van der Waals surface area contributed by atoms with Gasteiger partial charge < -0.3 is 10.0 Å². The molecular formula is C13H15NO4S. The molecule has 1 aromatic rings. The summed E-state index contributed by atoms with van der Waals surface area (Å²) in [6.07, 6.45) is 0.961. The fraction of sp³-hybridized carbons (Fsp3) is 0.462. The van der Waals surface area contributed by atoms with Gasteiger partial charge >= 0.3 is 5.97 Å². The van der Waals surface area contributed by atoms with Crippen molar-refractivity contribution in [1.82, 2.24) is 0 Å². The number of fused-ring (bicyclic) bond motifs is 1. The van der Waals surface area contributed by atoms with E-state index in [1.807, 2.05) is 24.3 Å². The Labute approximate surface area is 111 Å². The lowest BCUT2D eigenvalue weighted by atomic mass is 10.1. The maximum Gasteiger partial charge on any atom is 0.326 e. The molecule has 0 spiro atoms. The van der Waals surface area contributed by atoms with Gasteiger partial charge in [-0.15, -0.1) is 0 Å². The highest BCUT2D eigenvalue weighted by Gasteiger charge is 2.42. The van der Waals surface area contributed by atoms with Gasteiger partial charge in [-0.25, -0.2) is 13.2 Å². The second kappa shape index (κ2) is 4.23. The summed E-state index contributed by atoms with van der Waals surface area (Å²) in [4.78, 5) is 13.2. The molecule has 102 valence electrons. The lowest BCUT2D eigenvalue weighted by Crippen LogP contribution is -2.46. The number of carboxylic acids is 1. The molecule has 2 aliphatic heterocycles. The first-order chi connectivity index (χ1) is 8.98. The molecule has 2 atom stereocenters. The molecule has 0 amide bonds. The number of sulfone groups is 1. The van der Waals surface area contributed by atoms with Crippen LogP contribution in [0.15, 0.2) is 24.3 Å². The van der Waals surface area contributed by atoms with Crippen molar-refractivity contribution in [3.63, 3.8) is 0 Å². The first kappa shape index (κ1) is 12.5. The molecule has 0 aromatic heterocycles. The molecule has 5 nitrogen and oxygen atoms in total. The molecule has 2 aliphatic rings. The van der Waals surface area contributed by atoms with Crippen molar-refractivity contribution in [2.45, 2.75) is 24.9 Å².